The van der Waals surface area contributed by atoms with E-state index in [9.17, 15) is 0 Å². The van der Waals surface area contributed by atoms with Crippen LogP contribution < -0.4 is 5.73 Å². The minimum atomic E-state index is -0.280. The molecule has 0 bridgehead atoms. The molecule has 6 heteroatoms. The molecule has 0 aromatic carbocycles. The van der Waals surface area contributed by atoms with Crippen molar-refractivity contribution in [2.24, 2.45) is 11.7 Å². The summed E-state index contributed by atoms with van der Waals surface area (Å²) in [5, 5.41) is 4.17. The highest BCUT2D eigenvalue weighted by Gasteiger charge is 2.27. The van der Waals surface area contributed by atoms with Crippen molar-refractivity contribution in [2.45, 2.75) is 57.4 Å². The topological polar surface area (TPSA) is 93.6 Å². The monoisotopic (exact) mass is 289 g/mol. The summed E-state index contributed by atoms with van der Waals surface area (Å²) in [5.74, 6) is 2.59. The molecule has 2 heterocycles. The van der Waals surface area contributed by atoms with E-state index in [2.05, 4.69) is 27.0 Å². The molecule has 114 valence electrons. The molecule has 2 aromatic rings. The Kier molecular flexibility index (Phi) is 4.34. The molecular formula is C15H23N5O. The minimum absolute atomic E-state index is 0.280. The zero-order chi connectivity index (χ0) is 14.7. The number of hydrogen-bond acceptors (Lipinski definition) is 5. The van der Waals surface area contributed by atoms with Gasteiger partial charge >= 0.3 is 0 Å². The maximum Gasteiger partial charge on any atom is 0.243 e. The fourth-order valence-corrected chi connectivity index (χ4v) is 3.18. The van der Waals surface area contributed by atoms with Crippen LogP contribution >= 0.6 is 0 Å². The van der Waals surface area contributed by atoms with Crippen LogP contribution in [0.15, 0.2) is 17.0 Å². The van der Waals surface area contributed by atoms with Crippen LogP contribution in [0.2, 0.25) is 0 Å². The highest BCUT2D eigenvalue weighted by molar-refractivity contribution is 5.04. The molecule has 3 unspecified atom stereocenters. The third kappa shape index (κ3) is 3.32. The third-order valence-corrected chi connectivity index (χ3v) is 4.49. The first-order valence-corrected chi connectivity index (χ1v) is 7.82. The molecule has 0 spiro atoms. The quantitative estimate of drug-likeness (QED) is 0.882. The van der Waals surface area contributed by atoms with Crippen molar-refractivity contribution in [1.29, 1.82) is 0 Å². The van der Waals surface area contributed by atoms with Crippen molar-refractivity contribution >= 4 is 0 Å². The van der Waals surface area contributed by atoms with E-state index in [1.54, 1.807) is 12.5 Å². The smallest absolute Gasteiger partial charge is 0.243 e. The number of aromatic amines is 1. The molecular weight excluding hydrogens is 266 g/mol. The summed E-state index contributed by atoms with van der Waals surface area (Å²) in [5.41, 5.74) is 7.12. The maximum atomic E-state index is 6.14. The molecule has 0 aliphatic heterocycles. The number of aromatic nitrogens is 4. The van der Waals surface area contributed by atoms with Crippen LogP contribution in [0.5, 0.6) is 0 Å². The maximum absolute atomic E-state index is 6.14. The van der Waals surface area contributed by atoms with E-state index in [1.807, 2.05) is 0 Å². The summed E-state index contributed by atoms with van der Waals surface area (Å²) in [6, 6.07) is -0.280. The summed E-state index contributed by atoms with van der Waals surface area (Å²) < 4.78 is 5.38. The van der Waals surface area contributed by atoms with E-state index in [0.717, 1.165) is 23.9 Å². The van der Waals surface area contributed by atoms with Crippen LogP contribution in [0.4, 0.5) is 0 Å². The molecule has 1 saturated carbocycles. The zero-order valence-electron chi connectivity index (χ0n) is 12.5. The van der Waals surface area contributed by atoms with Crippen molar-refractivity contribution in [3.8, 4) is 0 Å². The molecule has 0 radical (unpaired) electrons. The van der Waals surface area contributed by atoms with Gasteiger partial charge in [-0.3, -0.25) is 0 Å². The molecule has 3 atom stereocenters. The Morgan fingerprint density at radius 2 is 2.38 bits per heavy atom. The van der Waals surface area contributed by atoms with Gasteiger partial charge in [0.25, 0.3) is 0 Å². The van der Waals surface area contributed by atoms with Crippen LogP contribution in [0.1, 0.15) is 68.4 Å². The largest absolute Gasteiger partial charge is 0.348 e. The number of imidazole rings is 1. The fraction of sp³-hybridized carbons (Fsp3) is 0.667. The van der Waals surface area contributed by atoms with Gasteiger partial charge in [-0.25, -0.2) is 4.98 Å². The lowest BCUT2D eigenvalue weighted by Gasteiger charge is -2.26. The summed E-state index contributed by atoms with van der Waals surface area (Å²) >= 11 is 0. The predicted octanol–water partition coefficient (Wildman–Crippen LogP) is 2.72. The first-order chi connectivity index (χ1) is 10.3. The van der Waals surface area contributed by atoms with Crippen molar-refractivity contribution in [1.82, 2.24) is 20.1 Å². The van der Waals surface area contributed by atoms with Crippen molar-refractivity contribution in [3.63, 3.8) is 0 Å². The van der Waals surface area contributed by atoms with E-state index in [-0.39, 0.29) is 6.04 Å². The molecule has 0 amide bonds. The van der Waals surface area contributed by atoms with Gasteiger partial charge in [0, 0.05) is 24.2 Å². The lowest BCUT2D eigenvalue weighted by Crippen LogP contribution is -2.16. The SMILES string of the molecule is CCC1CCCC(c2noc(C(N)Cc3cnc[nH]3)n2)C1. The van der Waals surface area contributed by atoms with Crippen LogP contribution in [-0.4, -0.2) is 20.1 Å². The Bertz CT molecular complexity index is 550. The number of nitrogens with zero attached hydrogens (tertiary/aromatic N) is 3. The normalized spacial score (nSPS) is 24.1. The molecule has 1 fully saturated rings. The van der Waals surface area contributed by atoms with Gasteiger partial charge in [-0.2, -0.15) is 4.98 Å². The lowest BCUT2D eigenvalue weighted by atomic mass is 9.80. The van der Waals surface area contributed by atoms with Gasteiger partial charge in [0.05, 0.1) is 12.4 Å². The number of hydrogen-bond donors (Lipinski definition) is 2. The molecule has 2 aromatic heterocycles. The fourth-order valence-electron chi connectivity index (χ4n) is 3.18. The van der Waals surface area contributed by atoms with Gasteiger partial charge in [0.1, 0.15) is 0 Å². The molecule has 3 rings (SSSR count). The van der Waals surface area contributed by atoms with Crippen molar-refractivity contribution in [2.75, 3.05) is 0 Å². The first kappa shape index (κ1) is 14.3. The molecule has 1 aliphatic rings. The van der Waals surface area contributed by atoms with Gasteiger partial charge in [-0.15, -0.1) is 0 Å². The van der Waals surface area contributed by atoms with Gasteiger partial charge in [-0.1, -0.05) is 31.3 Å². The van der Waals surface area contributed by atoms with E-state index >= 15 is 0 Å². The third-order valence-electron chi connectivity index (χ3n) is 4.49. The Hall–Kier alpha value is -1.69. The molecule has 21 heavy (non-hydrogen) atoms. The molecule has 0 saturated heterocycles. The summed E-state index contributed by atoms with van der Waals surface area (Å²) in [7, 11) is 0. The number of nitrogens with two attached hydrogens (primary N) is 1. The van der Waals surface area contributed by atoms with Crippen LogP contribution in [-0.2, 0) is 6.42 Å². The van der Waals surface area contributed by atoms with Gasteiger partial charge in [0.15, 0.2) is 5.82 Å². The predicted molar refractivity (Wildman–Crippen MR) is 78.5 cm³/mol. The van der Waals surface area contributed by atoms with Crippen molar-refractivity contribution < 1.29 is 4.52 Å². The van der Waals surface area contributed by atoms with Gasteiger partial charge in [-0.05, 0) is 18.8 Å². The second-order valence-corrected chi connectivity index (χ2v) is 6.02. The van der Waals surface area contributed by atoms with Crippen molar-refractivity contribution in [3.05, 3.63) is 29.9 Å². The highest BCUT2D eigenvalue weighted by atomic mass is 16.5. The summed E-state index contributed by atoms with van der Waals surface area (Å²) in [4.78, 5) is 11.6. The van der Waals surface area contributed by atoms with Crippen LogP contribution in [0.3, 0.4) is 0 Å². The first-order valence-electron chi connectivity index (χ1n) is 7.82. The second-order valence-electron chi connectivity index (χ2n) is 6.02. The second kappa shape index (κ2) is 6.39. The highest BCUT2D eigenvalue weighted by Crippen LogP contribution is 2.36. The minimum Gasteiger partial charge on any atom is -0.348 e. The lowest BCUT2D eigenvalue weighted by molar-refractivity contribution is 0.296. The van der Waals surface area contributed by atoms with Gasteiger partial charge in [0.2, 0.25) is 5.89 Å². The number of nitrogens with one attached hydrogen (secondary N) is 1. The van der Waals surface area contributed by atoms with Crippen LogP contribution in [0.25, 0.3) is 0 Å². The summed E-state index contributed by atoms with van der Waals surface area (Å²) in [6.07, 6.45) is 10.2. The van der Waals surface area contributed by atoms with Crippen LogP contribution in [0, 0.1) is 5.92 Å². The van der Waals surface area contributed by atoms with E-state index in [1.165, 1.54) is 25.7 Å². The molecule has 3 N–H and O–H groups in total. The molecule has 6 nitrogen and oxygen atoms in total. The Labute approximate surface area is 124 Å². The Morgan fingerprint density at radius 3 is 3.14 bits per heavy atom. The zero-order valence-corrected chi connectivity index (χ0v) is 12.5. The average Bonchev–Trinajstić information content (AvgIpc) is 3.18. The van der Waals surface area contributed by atoms with E-state index in [0.29, 0.717) is 18.2 Å². The Balaban J connectivity index is 1.65. The standard InChI is InChI=1S/C15H23N5O/c1-2-10-4-3-5-11(6-10)14-19-15(21-20-14)13(16)7-12-8-17-9-18-12/h8-11,13H,2-7,16H2,1H3,(H,17,18). The Morgan fingerprint density at radius 1 is 1.48 bits per heavy atom. The number of H-pyrrole nitrogens is 1. The van der Waals surface area contributed by atoms with Gasteiger partial charge < -0.3 is 15.2 Å². The van der Waals surface area contributed by atoms with E-state index in [4.69, 9.17) is 10.3 Å². The number of rotatable bonds is 5. The van der Waals surface area contributed by atoms with E-state index < -0.39 is 0 Å². The summed E-state index contributed by atoms with van der Waals surface area (Å²) in [6.45, 7) is 2.26. The molecule has 1 aliphatic carbocycles. The average molecular weight is 289 g/mol.